The van der Waals surface area contributed by atoms with Crippen molar-refractivity contribution < 1.29 is 28.9 Å². The molecule has 3 saturated carbocycles. The number of aliphatic hydroxyl groups is 1. The Balaban J connectivity index is 1.22. The Kier molecular flexibility index (Phi) is 6.17. The van der Waals surface area contributed by atoms with Gasteiger partial charge in [0, 0.05) is 16.7 Å². The lowest BCUT2D eigenvalue weighted by molar-refractivity contribution is -0.200. The lowest BCUT2D eigenvalue weighted by Gasteiger charge is -2.59. The van der Waals surface area contributed by atoms with Crippen molar-refractivity contribution in [2.45, 2.75) is 83.4 Å². The Morgan fingerprint density at radius 3 is 2.90 bits per heavy atom. The Morgan fingerprint density at radius 1 is 1.27 bits per heavy atom. The summed E-state index contributed by atoms with van der Waals surface area (Å²) in [5.41, 5.74) is -0.195. The molecule has 0 bridgehead atoms. The van der Waals surface area contributed by atoms with Gasteiger partial charge >= 0.3 is 0 Å². The maximum Gasteiger partial charge on any atom is 0.274 e. The molecule has 7 rings (SSSR count). The summed E-state index contributed by atoms with van der Waals surface area (Å²) in [4.78, 5) is 31.1. The molecule has 0 spiro atoms. The van der Waals surface area contributed by atoms with Gasteiger partial charge < -0.3 is 19.3 Å². The molecule has 40 heavy (non-hydrogen) atoms. The first kappa shape index (κ1) is 26.5. The number of rotatable bonds is 6. The molecule has 1 N–H and O–H groups in total. The smallest absolute Gasteiger partial charge is 0.274 e. The first-order chi connectivity index (χ1) is 19.2. The van der Waals surface area contributed by atoms with E-state index in [4.69, 9.17) is 14.2 Å². The molecule has 2 heterocycles. The number of aromatic nitrogens is 1. The Hall–Kier alpha value is -2.39. The van der Waals surface area contributed by atoms with Gasteiger partial charge in [-0.2, -0.15) is 0 Å². The maximum absolute atomic E-state index is 14.3. The number of hydrogen-bond donors (Lipinski definition) is 1. The molecule has 5 aliphatic rings. The van der Waals surface area contributed by atoms with Crippen LogP contribution in [0.15, 0.2) is 48.1 Å². The number of benzene rings is 1. The van der Waals surface area contributed by atoms with Crippen LogP contribution in [-0.4, -0.2) is 52.4 Å². The van der Waals surface area contributed by atoms with E-state index in [0.717, 1.165) is 41.5 Å². The summed E-state index contributed by atoms with van der Waals surface area (Å²) in [7, 11) is 0. The second kappa shape index (κ2) is 9.31. The van der Waals surface area contributed by atoms with E-state index in [1.807, 2.05) is 30.3 Å². The molecule has 2 aromatic rings. The number of fused-ring (bicyclic) bond motifs is 8. The van der Waals surface area contributed by atoms with Gasteiger partial charge in [0.15, 0.2) is 24.3 Å². The van der Waals surface area contributed by atoms with Gasteiger partial charge in [0.25, 0.3) is 5.19 Å². The average Bonchev–Trinajstić information content (AvgIpc) is 3.57. The van der Waals surface area contributed by atoms with Crippen LogP contribution < -0.4 is 4.74 Å². The van der Waals surface area contributed by atoms with Gasteiger partial charge in [-0.25, -0.2) is 4.98 Å². The SMILES string of the molecule is CCC[C@@H]1O[C@@H]2CC3C4CCC5=CC(=O)C=CC5(C)C4[C@@H](O)CC3(C)[C@]2(C(=O)COc2nc3ccccc3s2)O1. The van der Waals surface area contributed by atoms with E-state index in [9.17, 15) is 14.7 Å². The zero-order valence-electron chi connectivity index (χ0n) is 23.3. The quantitative estimate of drug-likeness (QED) is 0.502. The van der Waals surface area contributed by atoms with Crippen molar-refractivity contribution in [3.8, 4) is 5.19 Å². The number of hydrogen-bond acceptors (Lipinski definition) is 8. The van der Waals surface area contributed by atoms with Gasteiger partial charge in [-0.05, 0) is 68.2 Å². The summed E-state index contributed by atoms with van der Waals surface area (Å²) in [5.74, 6) is 0.205. The van der Waals surface area contributed by atoms with Gasteiger partial charge in [0.1, 0.15) is 0 Å². The minimum absolute atomic E-state index is 0.0219. The van der Waals surface area contributed by atoms with E-state index in [1.54, 1.807) is 12.2 Å². The van der Waals surface area contributed by atoms with E-state index in [1.165, 1.54) is 11.3 Å². The summed E-state index contributed by atoms with van der Waals surface area (Å²) in [6.07, 6.45) is 8.42. The van der Waals surface area contributed by atoms with Crippen molar-refractivity contribution in [2.24, 2.45) is 28.6 Å². The number of carbonyl (C=O) groups excluding carboxylic acids is 2. The lowest BCUT2D eigenvalue weighted by Crippen LogP contribution is -2.63. The third-order valence-electron chi connectivity index (χ3n) is 10.8. The van der Waals surface area contributed by atoms with Crippen LogP contribution in [0.25, 0.3) is 10.2 Å². The fraction of sp³-hybridized carbons (Fsp3) is 0.594. The van der Waals surface area contributed by atoms with Gasteiger partial charge in [-0.15, -0.1) is 0 Å². The molecule has 8 heteroatoms. The number of allylic oxidation sites excluding steroid dienone is 4. The number of nitrogens with zero attached hydrogens (tertiary/aromatic N) is 1. The van der Waals surface area contributed by atoms with Gasteiger partial charge in [0.2, 0.25) is 5.78 Å². The Morgan fingerprint density at radius 2 is 2.10 bits per heavy atom. The van der Waals surface area contributed by atoms with Crippen LogP contribution in [0.2, 0.25) is 0 Å². The summed E-state index contributed by atoms with van der Waals surface area (Å²) >= 11 is 1.43. The molecular weight excluding hydrogens is 526 g/mol. The molecule has 0 amide bonds. The van der Waals surface area contributed by atoms with Gasteiger partial charge in [0.05, 0.1) is 22.4 Å². The van der Waals surface area contributed by atoms with E-state index >= 15 is 0 Å². The largest absolute Gasteiger partial charge is 0.462 e. The van der Waals surface area contributed by atoms with E-state index < -0.39 is 23.4 Å². The van der Waals surface area contributed by atoms with E-state index in [2.05, 4.69) is 25.8 Å². The molecule has 4 aliphatic carbocycles. The molecule has 5 unspecified atom stereocenters. The molecule has 4 fully saturated rings. The minimum atomic E-state index is -1.18. The maximum atomic E-state index is 14.3. The molecule has 1 aromatic carbocycles. The lowest BCUT2D eigenvalue weighted by atomic mass is 9.46. The van der Waals surface area contributed by atoms with Crippen molar-refractivity contribution in [3.05, 3.63) is 48.1 Å². The van der Waals surface area contributed by atoms with Crippen LogP contribution in [0, 0.1) is 28.6 Å². The number of Topliss-reactive ketones (excluding diaryl/α,β-unsaturated/α-hetero) is 1. The zero-order chi connectivity index (χ0) is 27.9. The number of carbonyl (C=O) groups is 2. The zero-order valence-corrected chi connectivity index (χ0v) is 24.1. The summed E-state index contributed by atoms with van der Waals surface area (Å²) < 4.78 is 20.3. The molecule has 1 saturated heterocycles. The normalized spacial score (nSPS) is 41.7. The Labute approximate surface area is 238 Å². The van der Waals surface area contributed by atoms with Gasteiger partial charge in [-0.3, -0.25) is 9.59 Å². The highest BCUT2D eigenvalue weighted by atomic mass is 32.1. The van der Waals surface area contributed by atoms with Crippen molar-refractivity contribution >= 4 is 33.1 Å². The number of ether oxygens (including phenoxy) is 3. The average molecular weight is 564 g/mol. The van der Waals surface area contributed by atoms with Gasteiger partial charge in [-0.1, -0.05) is 62.3 Å². The minimum Gasteiger partial charge on any atom is -0.462 e. The second-order valence-corrected chi connectivity index (χ2v) is 13.8. The number of ketones is 2. The van der Waals surface area contributed by atoms with Crippen LogP contribution in [-0.2, 0) is 19.1 Å². The highest BCUT2D eigenvalue weighted by molar-refractivity contribution is 7.20. The highest BCUT2D eigenvalue weighted by Gasteiger charge is 2.75. The van der Waals surface area contributed by atoms with E-state index in [0.29, 0.717) is 18.0 Å². The fourth-order valence-corrected chi connectivity index (χ4v) is 9.97. The monoisotopic (exact) mass is 563 g/mol. The highest BCUT2D eigenvalue weighted by Crippen LogP contribution is 2.69. The summed E-state index contributed by atoms with van der Waals surface area (Å²) in [6.45, 7) is 6.23. The first-order valence-corrected chi connectivity index (χ1v) is 15.5. The van der Waals surface area contributed by atoms with Crippen molar-refractivity contribution in [1.82, 2.24) is 4.98 Å². The number of thiazole rings is 1. The topological polar surface area (TPSA) is 95.0 Å². The van der Waals surface area contributed by atoms with Crippen molar-refractivity contribution in [3.63, 3.8) is 0 Å². The van der Waals surface area contributed by atoms with Crippen LogP contribution in [0.5, 0.6) is 5.19 Å². The van der Waals surface area contributed by atoms with Crippen LogP contribution in [0.4, 0.5) is 0 Å². The third-order valence-corrected chi connectivity index (χ3v) is 11.8. The molecule has 1 aromatic heterocycles. The van der Waals surface area contributed by atoms with Crippen LogP contribution in [0.3, 0.4) is 0 Å². The first-order valence-electron chi connectivity index (χ1n) is 14.7. The summed E-state index contributed by atoms with van der Waals surface area (Å²) in [5, 5.41) is 12.3. The predicted molar refractivity (Wildman–Crippen MR) is 151 cm³/mol. The van der Waals surface area contributed by atoms with Crippen LogP contribution in [0.1, 0.15) is 59.3 Å². The van der Waals surface area contributed by atoms with Crippen LogP contribution >= 0.6 is 11.3 Å². The third kappa shape index (κ3) is 3.62. The molecule has 9 atom stereocenters. The molecule has 1 aliphatic heterocycles. The molecule has 0 radical (unpaired) electrons. The Bertz CT molecular complexity index is 1400. The molecule has 7 nitrogen and oxygen atoms in total. The van der Waals surface area contributed by atoms with Crippen molar-refractivity contribution in [2.75, 3.05) is 6.61 Å². The molecule has 212 valence electrons. The fourth-order valence-electron chi connectivity index (χ4n) is 9.15. The van der Waals surface area contributed by atoms with Crippen molar-refractivity contribution in [1.29, 1.82) is 0 Å². The standard InChI is InChI=1S/C32H37NO6S/c1-4-7-27-38-26-15-21-20-11-10-18-14-19(34)12-13-30(18,2)28(20)23(35)16-31(21,3)32(26,39-27)25(36)17-37-29-33-22-8-5-6-9-24(22)40-29/h5-6,8-9,12-14,20-21,23,26-28,35H,4,7,10-11,15-17H2,1-3H3/t20?,21?,23-,26+,27+,28?,30?,31?,32+/m0/s1. The predicted octanol–water partition coefficient (Wildman–Crippen LogP) is 5.41. The van der Waals surface area contributed by atoms with E-state index in [-0.39, 0.29) is 47.4 Å². The number of para-hydroxylation sites is 1. The second-order valence-electron chi connectivity index (χ2n) is 12.8. The summed E-state index contributed by atoms with van der Waals surface area (Å²) in [6, 6.07) is 7.82. The molecular formula is C32H37NO6S. The number of aliphatic hydroxyl groups excluding tert-OH is 1.